The minimum Gasteiger partial charge on any atom is -0.475 e. The number of halogens is 1. The van der Waals surface area contributed by atoms with Gasteiger partial charge in [0.25, 0.3) is 4.80 Å². The van der Waals surface area contributed by atoms with Crippen molar-refractivity contribution in [3.63, 3.8) is 0 Å². The van der Waals surface area contributed by atoms with Gasteiger partial charge in [-0.2, -0.15) is 0 Å². The summed E-state index contributed by atoms with van der Waals surface area (Å²) in [6.45, 7) is 5.64. The Morgan fingerprint density at radius 2 is 2.08 bits per heavy atom. The quantitative estimate of drug-likeness (QED) is 0.828. The summed E-state index contributed by atoms with van der Waals surface area (Å²) < 4.78 is 4.91. The van der Waals surface area contributed by atoms with Crippen molar-refractivity contribution < 1.29 is 14.3 Å². The molecular formula is C8H10BrNO3. The van der Waals surface area contributed by atoms with E-state index in [2.05, 4.69) is 20.9 Å². The molecule has 0 fully saturated rings. The number of hydrogen-bond donors (Lipinski definition) is 1. The maximum absolute atomic E-state index is 10.7. The van der Waals surface area contributed by atoms with Crippen LogP contribution in [0.4, 0.5) is 0 Å². The molecule has 0 unspecified atom stereocenters. The molecule has 1 aromatic rings. The van der Waals surface area contributed by atoms with Crippen LogP contribution in [0.2, 0.25) is 0 Å². The predicted octanol–water partition coefficient (Wildman–Crippen LogP) is 2.43. The molecule has 72 valence electrons. The Morgan fingerprint density at radius 1 is 1.54 bits per heavy atom. The first-order valence-corrected chi connectivity index (χ1v) is 4.52. The molecule has 0 aliphatic rings. The number of aromatic carboxylic acids is 1. The maximum Gasteiger partial charge on any atom is 0.373 e. The van der Waals surface area contributed by atoms with Crippen LogP contribution in [0.5, 0.6) is 0 Å². The molecule has 0 aromatic carbocycles. The van der Waals surface area contributed by atoms with E-state index in [1.54, 1.807) is 0 Å². The molecule has 0 saturated carbocycles. The number of hydrogen-bond acceptors (Lipinski definition) is 3. The molecule has 1 aromatic heterocycles. The van der Waals surface area contributed by atoms with Gasteiger partial charge in [-0.15, -0.1) is 0 Å². The molecule has 0 aliphatic carbocycles. The van der Waals surface area contributed by atoms with Crippen LogP contribution < -0.4 is 0 Å². The van der Waals surface area contributed by atoms with Gasteiger partial charge < -0.3 is 9.52 Å². The lowest BCUT2D eigenvalue weighted by Gasteiger charge is -2.14. The van der Waals surface area contributed by atoms with Crippen molar-refractivity contribution in [2.24, 2.45) is 0 Å². The number of oxazole rings is 1. The van der Waals surface area contributed by atoms with Gasteiger partial charge in [0.1, 0.15) is 5.69 Å². The lowest BCUT2D eigenvalue weighted by molar-refractivity contribution is 0.0657. The van der Waals surface area contributed by atoms with E-state index < -0.39 is 5.97 Å². The number of aromatic nitrogens is 1. The Balaban J connectivity index is 3.28. The first kappa shape index (κ1) is 10.2. The summed E-state index contributed by atoms with van der Waals surface area (Å²) in [5.41, 5.74) is 0.121. The van der Waals surface area contributed by atoms with Crippen molar-refractivity contribution in [1.82, 2.24) is 4.98 Å². The van der Waals surface area contributed by atoms with E-state index in [4.69, 9.17) is 9.52 Å². The Labute approximate surface area is 84.1 Å². The molecule has 0 bridgehead atoms. The van der Waals surface area contributed by atoms with Gasteiger partial charge in [0.05, 0.1) is 0 Å². The minimum atomic E-state index is -1.09. The number of carboxylic acids is 1. The molecule has 0 spiro atoms. The van der Waals surface area contributed by atoms with Crippen molar-refractivity contribution in [3.8, 4) is 0 Å². The molecule has 4 nitrogen and oxygen atoms in total. The van der Waals surface area contributed by atoms with Crippen LogP contribution in [0.1, 0.15) is 37.0 Å². The van der Waals surface area contributed by atoms with Gasteiger partial charge in [0.2, 0.25) is 5.76 Å². The molecule has 13 heavy (non-hydrogen) atoms. The average molecular weight is 248 g/mol. The molecule has 0 atom stereocenters. The van der Waals surface area contributed by atoms with Crippen LogP contribution in [-0.4, -0.2) is 16.1 Å². The van der Waals surface area contributed by atoms with Crippen LogP contribution in [0.15, 0.2) is 9.22 Å². The number of nitrogens with zero attached hydrogens (tertiary/aromatic N) is 1. The largest absolute Gasteiger partial charge is 0.475 e. The highest BCUT2D eigenvalue weighted by Gasteiger charge is 2.28. The Bertz CT molecular complexity index is 338. The van der Waals surface area contributed by atoms with Gasteiger partial charge in [0.15, 0.2) is 0 Å². The van der Waals surface area contributed by atoms with E-state index in [0.29, 0.717) is 5.69 Å². The molecule has 0 amide bonds. The van der Waals surface area contributed by atoms with E-state index in [9.17, 15) is 4.79 Å². The number of carboxylic acid groups (broad SMARTS) is 1. The Kier molecular flexibility index (Phi) is 2.47. The Hall–Kier alpha value is -0.840. The average Bonchev–Trinajstić information content (AvgIpc) is 2.29. The summed E-state index contributed by atoms with van der Waals surface area (Å²) in [4.78, 5) is 14.9. The second-order valence-electron chi connectivity index (χ2n) is 3.70. The zero-order chi connectivity index (χ0) is 10.2. The SMILES string of the molecule is CC(C)(C)c1nc(Br)oc1C(=O)O. The molecular weight excluding hydrogens is 238 g/mol. The van der Waals surface area contributed by atoms with Gasteiger partial charge in [-0.05, 0) is 0 Å². The van der Waals surface area contributed by atoms with Gasteiger partial charge in [0, 0.05) is 21.3 Å². The summed E-state index contributed by atoms with van der Waals surface area (Å²) in [6.07, 6.45) is 0. The normalized spacial score (nSPS) is 11.7. The third-order valence-electron chi connectivity index (χ3n) is 1.51. The zero-order valence-electron chi connectivity index (χ0n) is 7.59. The maximum atomic E-state index is 10.7. The van der Waals surface area contributed by atoms with Crippen LogP contribution in [0.3, 0.4) is 0 Å². The van der Waals surface area contributed by atoms with Gasteiger partial charge >= 0.3 is 5.97 Å². The van der Waals surface area contributed by atoms with Crippen molar-refractivity contribution in [1.29, 1.82) is 0 Å². The van der Waals surface area contributed by atoms with E-state index in [1.165, 1.54) is 0 Å². The fraction of sp³-hybridized carbons (Fsp3) is 0.500. The standard InChI is InChI=1S/C8H10BrNO3/c1-8(2,3)5-4(6(11)12)13-7(9)10-5/h1-3H3,(H,11,12). The topological polar surface area (TPSA) is 63.3 Å². The number of carbonyl (C=O) groups is 1. The molecule has 0 aliphatic heterocycles. The highest BCUT2D eigenvalue weighted by atomic mass is 79.9. The van der Waals surface area contributed by atoms with Crippen LogP contribution in [0, 0.1) is 0 Å². The van der Waals surface area contributed by atoms with Crippen LogP contribution in [-0.2, 0) is 5.41 Å². The van der Waals surface area contributed by atoms with Gasteiger partial charge in [-0.1, -0.05) is 20.8 Å². The summed E-state index contributed by atoms with van der Waals surface area (Å²) >= 11 is 3.00. The monoisotopic (exact) mass is 247 g/mol. The Morgan fingerprint density at radius 3 is 2.38 bits per heavy atom. The molecule has 1 rings (SSSR count). The predicted molar refractivity (Wildman–Crippen MR) is 49.9 cm³/mol. The molecule has 0 saturated heterocycles. The van der Waals surface area contributed by atoms with Crippen molar-refractivity contribution in [3.05, 3.63) is 16.3 Å². The first-order valence-electron chi connectivity index (χ1n) is 3.72. The number of rotatable bonds is 1. The second kappa shape index (κ2) is 3.14. The molecule has 1 heterocycles. The summed E-state index contributed by atoms with van der Waals surface area (Å²) in [6, 6.07) is 0. The summed E-state index contributed by atoms with van der Waals surface area (Å²) in [7, 11) is 0. The van der Waals surface area contributed by atoms with E-state index in [1.807, 2.05) is 20.8 Å². The third kappa shape index (κ3) is 2.09. The van der Waals surface area contributed by atoms with E-state index >= 15 is 0 Å². The minimum absolute atomic E-state index is 0.0978. The smallest absolute Gasteiger partial charge is 0.373 e. The highest BCUT2D eigenvalue weighted by Crippen LogP contribution is 2.27. The zero-order valence-corrected chi connectivity index (χ0v) is 9.17. The highest BCUT2D eigenvalue weighted by molar-refractivity contribution is 9.10. The van der Waals surface area contributed by atoms with Crippen molar-refractivity contribution in [2.75, 3.05) is 0 Å². The lowest BCUT2D eigenvalue weighted by Crippen LogP contribution is -2.16. The van der Waals surface area contributed by atoms with Crippen molar-refractivity contribution in [2.45, 2.75) is 26.2 Å². The van der Waals surface area contributed by atoms with Gasteiger partial charge in [-0.25, -0.2) is 9.78 Å². The molecule has 1 N–H and O–H groups in total. The van der Waals surface area contributed by atoms with Gasteiger partial charge in [-0.3, -0.25) is 0 Å². The second-order valence-corrected chi connectivity index (χ2v) is 4.38. The summed E-state index contributed by atoms with van der Waals surface area (Å²) in [5.74, 6) is -1.19. The van der Waals surface area contributed by atoms with E-state index in [-0.39, 0.29) is 16.0 Å². The fourth-order valence-electron chi connectivity index (χ4n) is 0.947. The molecule has 5 heteroatoms. The fourth-order valence-corrected chi connectivity index (χ4v) is 1.29. The summed E-state index contributed by atoms with van der Waals surface area (Å²) in [5, 5.41) is 8.79. The van der Waals surface area contributed by atoms with Crippen LogP contribution >= 0.6 is 15.9 Å². The van der Waals surface area contributed by atoms with Crippen molar-refractivity contribution >= 4 is 21.9 Å². The van der Waals surface area contributed by atoms with Crippen LogP contribution in [0.25, 0.3) is 0 Å². The lowest BCUT2D eigenvalue weighted by atomic mass is 9.91. The van der Waals surface area contributed by atoms with E-state index in [0.717, 1.165) is 0 Å². The molecule has 0 radical (unpaired) electrons. The first-order chi connectivity index (χ1) is 5.82. The third-order valence-corrected chi connectivity index (χ3v) is 1.84.